The van der Waals surface area contributed by atoms with Gasteiger partial charge in [0.05, 0.1) is 0 Å². The van der Waals surface area contributed by atoms with E-state index in [1.165, 1.54) is 57.8 Å². The maximum Gasteiger partial charge on any atom is 0.240 e. The Bertz CT molecular complexity index is 223. The summed E-state index contributed by atoms with van der Waals surface area (Å²) >= 11 is 0. The molecule has 0 aromatic heterocycles. The molecule has 2 nitrogen and oxygen atoms in total. The number of hydrogen-bond donors (Lipinski definition) is 0. The molecule has 106 valence electrons. The number of ether oxygens (including phenoxy) is 2. The molecular formula is C16H30O2. The van der Waals surface area contributed by atoms with Gasteiger partial charge in [-0.25, -0.2) is 0 Å². The summed E-state index contributed by atoms with van der Waals surface area (Å²) in [6.07, 6.45) is 15.6. The van der Waals surface area contributed by atoms with Crippen LogP contribution in [0.5, 0.6) is 0 Å². The second-order valence-corrected chi connectivity index (χ2v) is 5.28. The van der Waals surface area contributed by atoms with Gasteiger partial charge in [-0.05, 0) is 12.8 Å². The van der Waals surface area contributed by atoms with Crippen LogP contribution in [-0.2, 0) is 9.47 Å². The van der Waals surface area contributed by atoms with Crippen LogP contribution in [0.4, 0.5) is 0 Å². The lowest BCUT2D eigenvalue weighted by molar-refractivity contribution is -0.0399. The van der Waals surface area contributed by atoms with E-state index >= 15 is 0 Å². The largest absolute Gasteiger partial charge is 0.459 e. The van der Waals surface area contributed by atoms with Gasteiger partial charge in [-0.3, -0.25) is 0 Å². The van der Waals surface area contributed by atoms with Gasteiger partial charge in [0, 0.05) is 12.8 Å². The van der Waals surface area contributed by atoms with Crippen molar-refractivity contribution in [1.29, 1.82) is 0 Å². The highest BCUT2D eigenvalue weighted by Gasteiger charge is 2.18. The van der Waals surface area contributed by atoms with Crippen LogP contribution in [0.1, 0.15) is 84.5 Å². The second kappa shape index (κ2) is 10.3. The Hall–Kier alpha value is -0.660. The smallest absolute Gasteiger partial charge is 0.240 e. The van der Waals surface area contributed by atoms with Crippen molar-refractivity contribution in [2.45, 2.75) is 90.8 Å². The van der Waals surface area contributed by atoms with Crippen LogP contribution in [-0.4, -0.2) is 6.29 Å². The molecule has 0 fully saturated rings. The minimum Gasteiger partial charge on any atom is -0.459 e. The van der Waals surface area contributed by atoms with Crippen molar-refractivity contribution in [1.82, 2.24) is 0 Å². The fraction of sp³-hybridized carbons (Fsp3) is 0.875. The molecule has 0 amide bonds. The summed E-state index contributed by atoms with van der Waals surface area (Å²) in [5.74, 6) is 1.06. The van der Waals surface area contributed by atoms with Crippen LogP contribution >= 0.6 is 0 Å². The first-order chi connectivity index (χ1) is 8.86. The highest BCUT2D eigenvalue weighted by Crippen LogP contribution is 2.23. The lowest BCUT2D eigenvalue weighted by Crippen LogP contribution is -2.08. The number of allylic oxidation sites excluding steroid dienone is 1. The van der Waals surface area contributed by atoms with E-state index in [2.05, 4.69) is 13.8 Å². The van der Waals surface area contributed by atoms with Gasteiger partial charge in [-0.1, -0.05) is 58.8 Å². The van der Waals surface area contributed by atoms with E-state index in [1.54, 1.807) is 0 Å². The molecule has 1 heterocycles. The molecule has 1 rings (SSSR count). The molecule has 1 unspecified atom stereocenters. The first-order valence-corrected chi connectivity index (χ1v) is 7.88. The first-order valence-electron chi connectivity index (χ1n) is 7.88. The maximum atomic E-state index is 5.79. The van der Waals surface area contributed by atoms with Crippen molar-refractivity contribution in [2.24, 2.45) is 0 Å². The molecule has 0 saturated carbocycles. The molecule has 0 saturated heterocycles. The predicted octanol–water partition coefficient (Wildman–Crippen LogP) is 5.53. The van der Waals surface area contributed by atoms with Crippen molar-refractivity contribution in [3.8, 4) is 0 Å². The summed E-state index contributed by atoms with van der Waals surface area (Å²) in [5, 5.41) is 0. The van der Waals surface area contributed by atoms with Crippen molar-refractivity contribution in [2.75, 3.05) is 0 Å². The zero-order chi connectivity index (χ0) is 13.1. The monoisotopic (exact) mass is 254 g/mol. The molecule has 0 spiro atoms. The summed E-state index contributed by atoms with van der Waals surface area (Å²) in [6, 6.07) is 0. The Morgan fingerprint density at radius 2 is 1.56 bits per heavy atom. The molecule has 1 aliphatic heterocycles. The van der Waals surface area contributed by atoms with E-state index in [0.29, 0.717) is 0 Å². The predicted molar refractivity (Wildman–Crippen MR) is 76.2 cm³/mol. The molecule has 0 aromatic carbocycles. The fourth-order valence-corrected chi connectivity index (χ4v) is 2.26. The third-order valence-electron chi connectivity index (χ3n) is 3.45. The van der Waals surface area contributed by atoms with E-state index < -0.39 is 0 Å². The Morgan fingerprint density at radius 3 is 2.28 bits per heavy atom. The van der Waals surface area contributed by atoms with Crippen molar-refractivity contribution in [3.63, 3.8) is 0 Å². The summed E-state index contributed by atoms with van der Waals surface area (Å²) < 4.78 is 11.3. The fourth-order valence-electron chi connectivity index (χ4n) is 2.26. The number of unbranched alkanes of at least 4 members (excludes halogenated alkanes) is 7. The Kier molecular flexibility index (Phi) is 8.79. The summed E-state index contributed by atoms with van der Waals surface area (Å²) in [6.45, 7) is 4.49. The topological polar surface area (TPSA) is 18.5 Å². The molecule has 0 bridgehead atoms. The van der Waals surface area contributed by atoms with Crippen LogP contribution in [0.15, 0.2) is 12.0 Å². The molecular weight excluding hydrogens is 224 g/mol. The van der Waals surface area contributed by atoms with Gasteiger partial charge in [0.2, 0.25) is 6.29 Å². The zero-order valence-corrected chi connectivity index (χ0v) is 12.2. The molecule has 0 N–H and O–H groups in total. The maximum absolute atomic E-state index is 5.79. The van der Waals surface area contributed by atoms with Crippen molar-refractivity contribution < 1.29 is 9.47 Å². The minimum atomic E-state index is 0.00694. The average molecular weight is 254 g/mol. The summed E-state index contributed by atoms with van der Waals surface area (Å²) in [5.41, 5.74) is 0. The molecule has 1 atom stereocenters. The minimum absolute atomic E-state index is 0.00694. The van der Waals surface area contributed by atoms with E-state index in [1.807, 2.05) is 6.26 Å². The van der Waals surface area contributed by atoms with Gasteiger partial charge >= 0.3 is 0 Å². The lowest BCUT2D eigenvalue weighted by atomic mass is 10.1. The average Bonchev–Trinajstić information content (AvgIpc) is 2.82. The van der Waals surface area contributed by atoms with Crippen LogP contribution < -0.4 is 0 Å². The first kappa shape index (κ1) is 15.4. The van der Waals surface area contributed by atoms with Gasteiger partial charge in [-0.2, -0.15) is 0 Å². The van der Waals surface area contributed by atoms with Gasteiger partial charge in [0.1, 0.15) is 12.0 Å². The normalized spacial score (nSPS) is 18.3. The molecule has 0 aromatic rings. The van der Waals surface area contributed by atoms with E-state index in [4.69, 9.17) is 9.47 Å². The van der Waals surface area contributed by atoms with Gasteiger partial charge in [0.25, 0.3) is 0 Å². The van der Waals surface area contributed by atoms with E-state index in [-0.39, 0.29) is 6.29 Å². The quantitative estimate of drug-likeness (QED) is 0.451. The standard InChI is InChI=1S/C16H30O2/c1-3-5-7-9-10-12-15-14-17-16(18-15)13-11-8-6-4-2/h14,16H,3-13H2,1-2H3. The summed E-state index contributed by atoms with van der Waals surface area (Å²) in [4.78, 5) is 0. The molecule has 18 heavy (non-hydrogen) atoms. The lowest BCUT2D eigenvalue weighted by Gasteiger charge is -2.11. The number of rotatable bonds is 11. The molecule has 1 aliphatic rings. The second-order valence-electron chi connectivity index (χ2n) is 5.28. The van der Waals surface area contributed by atoms with Crippen molar-refractivity contribution in [3.05, 3.63) is 12.0 Å². The Balaban J connectivity index is 1.95. The highest BCUT2D eigenvalue weighted by atomic mass is 16.7. The number of hydrogen-bond acceptors (Lipinski definition) is 2. The Labute approximate surface area is 113 Å². The van der Waals surface area contributed by atoms with Crippen LogP contribution in [0.2, 0.25) is 0 Å². The third-order valence-corrected chi connectivity index (χ3v) is 3.45. The molecule has 0 aliphatic carbocycles. The van der Waals surface area contributed by atoms with Crippen LogP contribution in [0, 0.1) is 0 Å². The molecule has 2 heteroatoms. The highest BCUT2D eigenvalue weighted by molar-refractivity contribution is 4.92. The van der Waals surface area contributed by atoms with Gasteiger partial charge in [-0.15, -0.1) is 0 Å². The third kappa shape index (κ3) is 6.93. The van der Waals surface area contributed by atoms with Gasteiger partial charge < -0.3 is 9.47 Å². The van der Waals surface area contributed by atoms with E-state index in [9.17, 15) is 0 Å². The van der Waals surface area contributed by atoms with Crippen LogP contribution in [0.25, 0.3) is 0 Å². The van der Waals surface area contributed by atoms with Gasteiger partial charge in [0.15, 0.2) is 0 Å². The van der Waals surface area contributed by atoms with E-state index in [0.717, 1.165) is 18.6 Å². The summed E-state index contributed by atoms with van der Waals surface area (Å²) in [7, 11) is 0. The molecule has 0 radical (unpaired) electrons. The van der Waals surface area contributed by atoms with Crippen molar-refractivity contribution >= 4 is 0 Å². The SMILES string of the molecule is CCCCCCCC1=COC(CCCCCC)O1. The zero-order valence-electron chi connectivity index (χ0n) is 12.2. The Morgan fingerprint density at radius 1 is 0.889 bits per heavy atom. The van der Waals surface area contributed by atoms with Crippen LogP contribution in [0.3, 0.4) is 0 Å².